The number of aromatic amines is 1. The lowest BCUT2D eigenvalue weighted by atomic mass is 10.1. The van der Waals surface area contributed by atoms with Gasteiger partial charge in [0, 0.05) is 5.75 Å². The first kappa shape index (κ1) is 16.2. The molecule has 0 aromatic carbocycles. The number of aromatic nitrogens is 4. The summed E-state index contributed by atoms with van der Waals surface area (Å²) >= 11 is 1.65. The van der Waals surface area contributed by atoms with Crippen molar-refractivity contribution < 1.29 is 14.9 Å². The molecule has 0 spiro atoms. The summed E-state index contributed by atoms with van der Waals surface area (Å²) in [6.45, 7) is 2.07. The zero-order chi connectivity index (χ0) is 16.6. The minimum atomic E-state index is -1.14. The summed E-state index contributed by atoms with van der Waals surface area (Å²) in [4.78, 5) is 22.2. The molecule has 0 amide bonds. The van der Waals surface area contributed by atoms with E-state index in [4.69, 9.17) is 10.5 Å². The maximum Gasteiger partial charge on any atom is 0.280 e. The van der Waals surface area contributed by atoms with E-state index >= 15 is 0 Å². The number of ether oxygens (including phenoxy) is 1. The van der Waals surface area contributed by atoms with Gasteiger partial charge >= 0.3 is 0 Å². The van der Waals surface area contributed by atoms with Crippen molar-refractivity contribution in [2.24, 2.45) is 0 Å². The first-order valence-electron chi connectivity index (χ1n) is 7.34. The Kier molecular flexibility index (Phi) is 4.57. The fourth-order valence-corrected chi connectivity index (χ4v) is 3.53. The molecule has 4 atom stereocenters. The van der Waals surface area contributed by atoms with E-state index in [2.05, 4.69) is 21.9 Å². The summed E-state index contributed by atoms with van der Waals surface area (Å²) in [5.74, 6) is 1.48. The van der Waals surface area contributed by atoms with Crippen molar-refractivity contribution in [1.29, 1.82) is 0 Å². The van der Waals surface area contributed by atoms with Gasteiger partial charge in [-0.15, -0.1) is 0 Å². The normalized spacial score (nSPS) is 27.8. The number of hydrogen-bond acceptors (Lipinski definition) is 8. The summed E-state index contributed by atoms with van der Waals surface area (Å²) < 4.78 is 7.20. The Balaban J connectivity index is 1.88. The molecule has 23 heavy (non-hydrogen) atoms. The van der Waals surface area contributed by atoms with Gasteiger partial charge in [0.05, 0.1) is 12.4 Å². The number of rotatable bonds is 5. The number of nitrogens with two attached hydrogens (primary N) is 1. The van der Waals surface area contributed by atoms with E-state index in [1.54, 1.807) is 11.8 Å². The quantitative estimate of drug-likeness (QED) is 0.532. The number of aliphatic hydroxyl groups is 2. The van der Waals surface area contributed by atoms with Crippen LogP contribution in [-0.2, 0) is 4.74 Å². The van der Waals surface area contributed by atoms with Crippen molar-refractivity contribution in [3.8, 4) is 0 Å². The van der Waals surface area contributed by atoms with Crippen molar-refractivity contribution in [3.05, 3.63) is 16.7 Å². The van der Waals surface area contributed by atoms with E-state index in [1.165, 1.54) is 10.9 Å². The van der Waals surface area contributed by atoms with Crippen molar-refractivity contribution in [2.45, 2.75) is 37.9 Å². The van der Waals surface area contributed by atoms with Crippen molar-refractivity contribution in [2.75, 3.05) is 17.2 Å². The monoisotopic (exact) mass is 341 g/mol. The van der Waals surface area contributed by atoms with E-state index in [9.17, 15) is 15.0 Å². The minimum Gasteiger partial charge on any atom is -0.387 e. The van der Waals surface area contributed by atoms with Gasteiger partial charge in [-0.25, -0.2) is 4.98 Å². The molecule has 10 heteroatoms. The number of nitrogens with zero attached hydrogens (tertiary/aromatic N) is 3. The predicted molar refractivity (Wildman–Crippen MR) is 86.1 cm³/mol. The number of imidazole rings is 1. The topological polar surface area (TPSA) is 139 Å². The van der Waals surface area contributed by atoms with Gasteiger partial charge in [0.2, 0.25) is 5.95 Å². The molecule has 126 valence electrons. The predicted octanol–water partition coefficient (Wildman–Crippen LogP) is -0.536. The van der Waals surface area contributed by atoms with Crippen LogP contribution in [0.1, 0.15) is 19.6 Å². The zero-order valence-electron chi connectivity index (χ0n) is 12.5. The maximum atomic E-state index is 11.8. The second-order valence-corrected chi connectivity index (χ2v) is 6.55. The minimum absolute atomic E-state index is 0.0488. The van der Waals surface area contributed by atoms with Gasteiger partial charge in [-0.1, -0.05) is 6.92 Å². The molecule has 0 radical (unpaired) electrons. The molecule has 3 heterocycles. The zero-order valence-corrected chi connectivity index (χ0v) is 13.4. The number of aliphatic hydroxyl groups excluding tert-OH is 2. The Morgan fingerprint density at radius 2 is 2.26 bits per heavy atom. The molecule has 1 saturated heterocycles. The van der Waals surface area contributed by atoms with Gasteiger partial charge in [0.15, 0.2) is 17.4 Å². The van der Waals surface area contributed by atoms with Gasteiger partial charge in [0.1, 0.15) is 12.2 Å². The average molecular weight is 341 g/mol. The maximum absolute atomic E-state index is 11.8. The van der Waals surface area contributed by atoms with Crippen LogP contribution in [0.15, 0.2) is 11.1 Å². The highest BCUT2D eigenvalue weighted by atomic mass is 32.2. The van der Waals surface area contributed by atoms with Gasteiger partial charge < -0.3 is 20.7 Å². The molecule has 2 aromatic heterocycles. The molecule has 0 aliphatic carbocycles. The van der Waals surface area contributed by atoms with Crippen LogP contribution in [0, 0.1) is 0 Å². The lowest BCUT2D eigenvalue weighted by Crippen LogP contribution is -2.32. The van der Waals surface area contributed by atoms with Crippen LogP contribution >= 0.6 is 11.8 Å². The third-order valence-electron chi connectivity index (χ3n) is 3.69. The highest BCUT2D eigenvalue weighted by Gasteiger charge is 2.44. The third-order valence-corrected chi connectivity index (χ3v) is 4.95. The van der Waals surface area contributed by atoms with Gasteiger partial charge in [-0.2, -0.15) is 16.7 Å². The number of anilines is 1. The van der Waals surface area contributed by atoms with E-state index in [0.717, 1.165) is 12.2 Å². The molecule has 9 nitrogen and oxygen atoms in total. The van der Waals surface area contributed by atoms with Crippen molar-refractivity contribution in [1.82, 2.24) is 19.5 Å². The standard InChI is InChI=1S/C13H19N5O4S/c1-2-3-23-4-6-8(19)9(20)12(22-6)18-5-15-7-10(18)16-13(14)17-11(7)21/h5-6,8-9,12,19-20H,2-4H2,1H3,(H3,14,16,17,21)/t6-,8-,9-,12-/m1/s1. The second kappa shape index (κ2) is 6.48. The molecule has 1 fully saturated rings. The van der Waals surface area contributed by atoms with E-state index < -0.39 is 30.1 Å². The third kappa shape index (κ3) is 2.94. The van der Waals surface area contributed by atoms with Crippen molar-refractivity contribution >= 4 is 28.9 Å². The Morgan fingerprint density at radius 1 is 1.48 bits per heavy atom. The molecule has 1 aliphatic heterocycles. The van der Waals surface area contributed by atoms with Gasteiger partial charge in [-0.3, -0.25) is 14.3 Å². The summed E-state index contributed by atoms with van der Waals surface area (Å²) in [6.07, 6.45) is -1.13. The average Bonchev–Trinajstić information content (AvgIpc) is 3.04. The molecule has 0 unspecified atom stereocenters. The Morgan fingerprint density at radius 3 is 3.00 bits per heavy atom. The molecule has 0 bridgehead atoms. The Labute approximate surface area is 135 Å². The summed E-state index contributed by atoms with van der Waals surface area (Å²) in [5, 5.41) is 20.4. The van der Waals surface area contributed by atoms with Crippen LogP contribution in [0.25, 0.3) is 11.2 Å². The number of thioether (sulfide) groups is 1. The second-order valence-electron chi connectivity index (χ2n) is 5.40. The van der Waals surface area contributed by atoms with Crippen LogP contribution < -0.4 is 11.3 Å². The number of hydrogen-bond donors (Lipinski definition) is 4. The fraction of sp³-hybridized carbons (Fsp3) is 0.615. The molecule has 5 N–H and O–H groups in total. The summed E-state index contributed by atoms with van der Waals surface area (Å²) in [6, 6.07) is 0. The van der Waals surface area contributed by atoms with Crippen molar-refractivity contribution in [3.63, 3.8) is 0 Å². The highest BCUT2D eigenvalue weighted by molar-refractivity contribution is 7.99. The first-order valence-corrected chi connectivity index (χ1v) is 8.50. The highest BCUT2D eigenvalue weighted by Crippen LogP contribution is 2.32. The van der Waals surface area contributed by atoms with E-state index in [1.807, 2.05) is 0 Å². The lowest BCUT2D eigenvalue weighted by molar-refractivity contribution is -0.0288. The number of nitrogens with one attached hydrogen (secondary N) is 1. The van der Waals surface area contributed by atoms with Crippen LogP contribution in [0.5, 0.6) is 0 Å². The van der Waals surface area contributed by atoms with Crippen LogP contribution in [0.2, 0.25) is 0 Å². The largest absolute Gasteiger partial charge is 0.387 e. The molecule has 0 saturated carbocycles. The van der Waals surface area contributed by atoms with Crippen LogP contribution in [0.4, 0.5) is 5.95 Å². The smallest absolute Gasteiger partial charge is 0.280 e. The first-order chi connectivity index (χ1) is 11.0. The number of H-pyrrole nitrogens is 1. The number of fused-ring (bicyclic) bond motifs is 1. The molecular weight excluding hydrogens is 322 g/mol. The van der Waals surface area contributed by atoms with Gasteiger partial charge in [-0.05, 0) is 12.2 Å². The Bertz CT molecular complexity index is 748. The summed E-state index contributed by atoms with van der Waals surface area (Å²) in [5.41, 5.74) is 5.41. The summed E-state index contributed by atoms with van der Waals surface area (Å²) in [7, 11) is 0. The molecule has 1 aliphatic rings. The Hall–Kier alpha value is -1.62. The van der Waals surface area contributed by atoms with Crippen LogP contribution in [0.3, 0.4) is 0 Å². The molecule has 2 aromatic rings. The lowest BCUT2D eigenvalue weighted by Gasteiger charge is -2.16. The fourth-order valence-electron chi connectivity index (χ4n) is 2.57. The van der Waals surface area contributed by atoms with Crippen LogP contribution in [-0.4, -0.2) is 59.5 Å². The molecule has 3 rings (SSSR count). The van der Waals surface area contributed by atoms with E-state index in [-0.39, 0.29) is 17.1 Å². The SMILES string of the molecule is CCCSC[C@H]1O[C@@H](n2cnc3c(=O)[nH]c(N)nc32)[C@H](O)[C@@H]1O. The van der Waals surface area contributed by atoms with Gasteiger partial charge in [0.25, 0.3) is 5.56 Å². The van der Waals surface area contributed by atoms with E-state index in [0.29, 0.717) is 5.75 Å². The molecular formula is C13H19N5O4S. The number of nitrogen functional groups attached to an aromatic ring is 1.